The van der Waals surface area contributed by atoms with Crippen LogP contribution in [0.4, 0.5) is 0 Å². The van der Waals surface area contributed by atoms with Gasteiger partial charge < -0.3 is 20.2 Å². The van der Waals surface area contributed by atoms with Crippen molar-refractivity contribution in [2.45, 2.75) is 11.8 Å². The number of hydrogen-bond donors (Lipinski definition) is 4. The van der Waals surface area contributed by atoms with Gasteiger partial charge in [-0.1, -0.05) is 0 Å². The highest BCUT2D eigenvalue weighted by atomic mass is 31.2. The zero-order valence-corrected chi connectivity index (χ0v) is 6.21. The Balaban J connectivity index is 2.78. The number of nitrogens with one attached hydrogen (secondary N) is 1. The second kappa shape index (κ2) is 2.29. The maximum Gasteiger partial charge on any atom is 0.358 e. The van der Waals surface area contributed by atoms with Crippen LogP contribution in [0.25, 0.3) is 0 Å². The van der Waals surface area contributed by atoms with Crippen LogP contribution in [-0.4, -0.2) is 33.3 Å². The van der Waals surface area contributed by atoms with E-state index in [1.165, 1.54) is 0 Å². The molecular formula is C4H10NO4P. The molecule has 0 aromatic carbocycles. The van der Waals surface area contributed by atoms with E-state index in [0.717, 1.165) is 0 Å². The van der Waals surface area contributed by atoms with Gasteiger partial charge in [0, 0.05) is 13.0 Å². The van der Waals surface area contributed by atoms with Gasteiger partial charge in [0.2, 0.25) is 0 Å². The van der Waals surface area contributed by atoms with Crippen LogP contribution in [0, 0.1) is 0 Å². The molecule has 1 heterocycles. The maximum atomic E-state index is 10.6. The van der Waals surface area contributed by atoms with Crippen molar-refractivity contribution in [2.75, 3.05) is 13.1 Å². The van der Waals surface area contributed by atoms with Gasteiger partial charge in [-0.3, -0.25) is 4.57 Å². The lowest BCUT2D eigenvalue weighted by Gasteiger charge is -2.21. The Morgan fingerprint density at radius 2 is 2.10 bits per heavy atom. The smallest absolute Gasteiger partial charge is 0.358 e. The Kier molecular flexibility index (Phi) is 1.87. The van der Waals surface area contributed by atoms with E-state index in [2.05, 4.69) is 5.32 Å². The molecule has 0 radical (unpaired) electrons. The first kappa shape index (κ1) is 8.17. The van der Waals surface area contributed by atoms with E-state index in [4.69, 9.17) is 9.79 Å². The minimum absolute atomic E-state index is 0.0166. The van der Waals surface area contributed by atoms with Crippen LogP contribution in [0.3, 0.4) is 0 Å². The Bertz CT molecular complexity index is 170. The number of β-amino-alcohol motifs (C(OH)–C–C–N with tert-alkyl or cyclic N) is 1. The predicted octanol–water partition coefficient (Wildman–Crippen LogP) is -1.15. The molecule has 1 fully saturated rings. The van der Waals surface area contributed by atoms with Gasteiger partial charge in [-0.05, 0) is 6.54 Å². The first-order valence-electron chi connectivity index (χ1n) is 2.94. The highest BCUT2D eigenvalue weighted by Gasteiger charge is 2.47. The first-order chi connectivity index (χ1) is 4.46. The van der Waals surface area contributed by atoms with E-state index < -0.39 is 12.9 Å². The molecule has 0 unspecified atom stereocenters. The molecule has 60 valence electrons. The Morgan fingerprint density at radius 1 is 1.50 bits per heavy atom. The van der Waals surface area contributed by atoms with Crippen LogP contribution in [0.1, 0.15) is 6.42 Å². The molecule has 10 heavy (non-hydrogen) atoms. The summed E-state index contributed by atoms with van der Waals surface area (Å²) in [5.74, 6) is 0. The average molecular weight is 167 g/mol. The average Bonchev–Trinajstić information content (AvgIpc) is 2.13. The van der Waals surface area contributed by atoms with Crippen LogP contribution >= 0.6 is 7.60 Å². The van der Waals surface area contributed by atoms with Crippen molar-refractivity contribution >= 4 is 7.60 Å². The van der Waals surface area contributed by atoms with Crippen molar-refractivity contribution in [3.8, 4) is 0 Å². The summed E-state index contributed by atoms with van der Waals surface area (Å²) in [6.45, 7) is 0.443. The zero-order valence-electron chi connectivity index (χ0n) is 5.32. The molecule has 0 saturated carbocycles. The second-order valence-corrected chi connectivity index (χ2v) is 4.37. The fourth-order valence-electron chi connectivity index (χ4n) is 0.914. The van der Waals surface area contributed by atoms with Crippen molar-refractivity contribution in [1.29, 1.82) is 0 Å². The monoisotopic (exact) mass is 167 g/mol. The summed E-state index contributed by atoms with van der Waals surface area (Å²) in [5.41, 5.74) is 0. The minimum Gasteiger partial charge on any atom is -0.376 e. The topological polar surface area (TPSA) is 89.8 Å². The minimum atomic E-state index is -4.33. The SMILES string of the molecule is O=P(O)(O)[C@]1(O)CCNC1. The largest absolute Gasteiger partial charge is 0.376 e. The Morgan fingerprint density at radius 3 is 2.30 bits per heavy atom. The van der Waals surface area contributed by atoms with Gasteiger partial charge in [-0.15, -0.1) is 0 Å². The lowest BCUT2D eigenvalue weighted by Crippen LogP contribution is -2.30. The summed E-state index contributed by atoms with van der Waals surface area (Å²) in [6, 6.07) is 0. The summed E-state index contributed by atoms with van der Waals surface area (Å²) in [6.07, 6.45) is 0.122. The molecular weight excluding hydrogens is 157 g/mol. The van der Waals surface area contributed by atoms with Crippen LogP contribution in [0.15, 0.2) is 0 Å². The standard InChI is InChI=1S/C4H10NO4P/c6-4(10(7,8)9)1-2-5-3-4/h5-6H,1-3H2,(H2,7,8,9)/t4-/m1/s1. The van der Waals surface area contributed by atoms with Gasteiger partial charge in [0.1, 0.15) is 0 Å². The molecule has 1 atom stereocenters. The Hall–Kier alpha value is 0.0700. The molecule has 0 aromatic rings. The third-order valence-electron chi connectivity index (χ3n) is 1.65. The summed E-state index contributed by atoms with van der Waals surface area (Å²) in [4.78, 5) is 17.2. The third-order valence-corrected chi connectivity index (χ3v) is 3.12. The van der Waals surface area contributed by atoms with E-state index in [1.807, 2.05) is 0 Å². The molecule has 5 nitrogen and oxygen atoms in total. The second-order valence-electron chi connectivity index (χ2n) is 2.45. The van der Waals surface area contributed by atoms with E-state index in [9.17, 15) is 9.67 Å². The van der Waals surface area contributed by atoms with Gasteiger partial charge in [0.25, 0.3) is 0 Å². The summed E-state index contributed by atoms with van der Waals surface area (Å²) < 4.78 is 10.6. The van der Waals surface area contributed by atoms with Crippen LogP contribution in [-0.2, 0) is 4.57 Å². The molecule has 0 aromatic heterocycles. The summed E-state index contributed by atoms with van der Waals surface area (Å²) in [5, 5.41) is 10.1. The van der Waals surface area contributed by atoms with Gasteiger partial charge >= 0.3 is 7.60 Å². The normalized spacial score (nSPS) is 34.7. The quantitative estimate of drug-likeness (QED) is 0.370. The molecule has 0 bridgehead atoms. The molecule has 1 aliphatic heterocycles. The van der Waals surface area contributed by atoms with Crippen molar-refractivity contribution < 1.29 is 19.5 Å². The zero-order chi connectivity index (χ0) is 7.83. The fraction of sp³-hybridized carbons (Fsp3) is 1.00. The van der Waals surface area contributed by atoms with E-state index in [1.54, 1.807) is 0 Å². The van der Waals surface area contributed by atoms with Crippen molar-refractivity contribution in [3.05, 3.63) is 0 Å². The van der Waals surface area contributed by atoms with E-state index >= 15 is 0 Å². The highest BCUT2D eigenvalue weighted by molar-refractivity contribution is 7.53. The Labute approximate surface area is 58.2 Å². The molecule has 0 amide bonds. The third kappa shape index (κ3) is 1.24. The molecule has 1 saturated heterocycles. The fourth-order valence-corrected chi connectivity index (χ4v) is 1.64. The number of aliphatic hydroxyl groups is 1. The molecule has 4 N–H and O–H groups in total. The van der Waals surface area contributed by atoms with Crippen LogP contribution in [0.2, 0.25) is 0 Å². The summed E-state index contributed by atoms with van der Waals surface area (Å²) in [7, 11) is -4.33. The van der Waals surface area contributed by atoms with Crippen molar-refractivity contribution in [3.63, 3.8) is 0 Å². The van der Waals surface area contributed by atoms with Gasteiger partial charge in [-0.2, -0.15) is 0 Å². The van der Waals surface area contributed by atoms with Crippen LogP contribution < -0.4 is 5.32 Å². The number of hydrogen-bond acceptors (Lipinski definition) is 3. The molecule has 6 heteroatoms. The van der Waals surface area contributed by atoms with Gasteiger partial charge in [-0.25, -0.2) is 0 Å². The lowest BCUT2D eigenvalue weighted by atomic mass is 10.3. The highest BCUT2D eigenvalue weighted by Crippen LogP contribution is 2.51. The van der Waals surface area contributed by atoms with Crippen molar-refractivity contribution in [1.82, 2.24) is 5.32 Å². The van der Waals surface area contributed by atoms with E-state index in [0.29, 0.717) is 6.54 Å². The lowest BCUT2D eigenvalue weighted by molar-refractivity contribution is 0.110. The van der Waals surface area contributed by atoms with Crippen molar-refractivity contribution in [2.24, 2.45) is 0 Å². The number of rotatable bonds is 1. The maximum absolute atomic E-state index is 10.6. The predicted molar refractivity (Wildman–Crippen MR) is 34.5 cm³/mol. The molecule has 1 aliphatic rings. The molecule has 1 rings (SSSR count). The first-order valence-corrected chi connectivity index (χ1v) is 4.56. The molecule has 0 aliphatic carbocycles. The van der Waals surface area contributed by atoms with Gasteiger partial charge in [0.15, 0.2) is 5.34 Å². The van der Waals surface area contributed by atoms with Crippen LogP contribution in [0.5, 0.6) is 0 Å². The molecule has 0 spiro atoms. The summed E-state index contributed by atoms with van der Waals surface area (Å²) >= 11 is 0. The van der Waals surface area contributed by atoms with Gasteiger partial charge in [0.05, 0.1) is 0 Å². The van der Waals surface area contributed by atoms with E-state index in [-0.39, 0.29) is 13.0 Å².